The van der Waals surface area contributed by atoms with Gasteiger partial charge in [0.05, 0.1) is 17.6 Å². The Bertz CT molecular complexity index is 654. The highest BCUT2D eigenvalue weighted by Crippen LogP contribution is 2.21. The fourth-order valence-electron chi connectivity index (χ4n) is 2.10. The van der Waals surface area contributed by atoms with E-state index in [0.29, 0.717) is 30.8 Å². The Kier molecular flexibility index (Phi) is 4.74. The van der Waals surface area contributed by atoms with Crippen molar-refractivity contribution in [3.8, 4) is 0 Å². The van der Waals surface area contributed by atoms with Crippen molar-refractivity contribution in [2.45, 2.75) is 19.9 Å². The van der Waals surface area contributed by atoms with Gasteiger partial charge in [-0.05, 0) is 18.6 Å². The molecule has 21 heavy (non-hydrogen) atoms. The van der Waals surface area contributed by atoms with Crippen molar-refractivity contribution in [3.63, 3.8) is 0 Å². The van der Waals surface area contributed by atoms with Crippen molar-refractivity contribution < 1.29 is 13.9 Å². The number of carbonyl (C=O) groups is 1. The van der Waals surface area contributed by atoms with Gasteiger partial charge in [0, 0.05) is 32.7 Å². The van der Waals surface area contributed by atoms with Gasteiger partial charge in [0.2, 0.25) is 11.9 Å². The van der Waals surface area contributed by atoms with E-state index >= 15 is 0 Å². The number of benzene rings is 1. The Morgan fingerprint density at radius 1 is 1.52 bits per heavy atom. The van der Waals surface area contributed by atoms with Crippen LogP contribution in [0.1, 0.15) is 12.0 Å². The second-order valence-corrected chi connectivity index (χ2v) is 4.80. The molecule has 0 atom stereocenters. The Labute approximate surface area is 122 Å². The lowest BCUT2D eigenvalue weighted by atomic mass is 10.2. The molecule has 0 radical (unpaired) electrons. The van der Waals surface area contributed by atoms with E-state index in [9.17, 15) is 9.18 Å². The Hall–Kier alpha value is -2.15. The maximum absolute atomic E-state index is 13.5. The molecule has 0 fully saturated rings. The average molecular weight is 294 g/mol. The van der Waals surface area contributed by atoms with Crippen LogP contribution in [0.15, 0.2) is 12.1 Å². The minimum absolute atomic E-state index is 0.0906. The topological polar surface area (TPSA) is 82.2 Å². The number of methoxy groups -OCH3 is 1. The van der Waals surface area contributed by atoms with Crippen LogP contribution in [-0.2, 0) is 16.1 Å². The molecule has 114 valence electrons. The van der Waals surface area contributed by atoms with Gasteiger partial charge in [-0.1, -0.05) is 0 Å². The number of imidazole rings is 1. The van der Waals surface area contributed by atoms with Gasteiger partial charge in [-0.2, -0.15) is 0 Å². The number of fused-ring (bicyclic) bond motifs is 1. The van der Waals surface area contributed by atoms with E-state index in [1.165, 1.54) is 6.07 Å². The summed E-state index contributed by atoms with van der Waals surface area (Å²) >= 11 is 0. The highest BCUT2D eigenvalue weighted by molar-refractivity contribution is 5.80. The van der Waals surface area contributed by atoms with E-state index in [1.54, 1.807) is 24.7 Å². The van der Waals surface area contributed by atoms with E-state index in [0.717, 1.165) is 5.52 Å². The van der Waals surface area contributed by atoms with Crippen molar-refractivity contribution >= 4 is 22.9 Å². The Morgan fingerprint density at radius 3 is 3.00 bits per heavy atom. The third-order valence-corrected chi connectivity index (χ3v) is 3.25. The Balaban J connectivity index is 2.10. The number of nitrogens with one attached hydrogen (secondary N) is 1. The first-order valence-electron chi connectivity index (χ1n) is 6.70. The van der Waals surface area contributed by atoms with Crippen LogP contribution in [0.2, 0.25) is 0 Å². The standard InChI is InChI=1S/C14H19FN4O2/c1-9-7-12-11(8-10(9)15)18-14(16)19(12)5-3-13(20)17-4-6-21-2/h7-8H,3-6H2,1-2H3,(H2,16,18)(H,17,20). The molecule has 1 amide bonds. The van der Waals surface area contributed by atoms with Gasteiger partial charge >= 0.3 is 0 Å². The molecular formula is C14H19FN4O2. The van der Waals surface area contributed by atoms with Crippen LogP contribution in [0.4, 0.5) is 10.3 Å². The van der Waals surface area contributed by atoms with Crippen molar-refractivity contribution in [1.82, 2.24) is 14.9 Å². The fourth-order valence-corrected chi connectivity index (χ4v) is 2.10. The fraction of sp³-hybridized carbons (Fsp3) is 0.429. The normalized spacial score (nSPS) is 11.0. The molecule has 0 saturated carbocycles. The largest absolute Gasteiger partial charge is 0.383 e. The number of hydrogen-bond acceptors (Lipinski definition) is 4. The van der Waals surface area contributed by atoms with Crippen LogP contribution in [0.5, 0.6) is 0 Å². The summed E-state index contributed by atoms with van der Waals surface area (Å²) in [5.41, 5.74) is 7.59. The van der Waals surface area contributed by atoms with E-state index in [4.69, 9.17) is 10.5 Å². The summed E-state index contributed by atoms with van der Waals surface area (Å²) < 4.78 is 20.1. The van der Waals surface area contributed by atoms with Gasteiger partial charge in [0.15, 0.2) is 0 Å². The second-order valence-electron chi connectivity index (χ2n) is 4.80. The molecule has 1 aromatic carbocycles. The number of amides is 1. The van der Waals surface area contributed by atoms with E-state index < -0.39 is 0 Å². The maximum atomic E-state index is 13.5. The van der Waals surface area contributed by atoms with Gasteiger partial charge in [-0.3, -0.25) is 4.79 Å². The van der Waals surface area contributed by atoms with Gasteiger partial charge < -0.3 is 20.4 Å². The molecule has 0 unspecified atom stereocenters. The number of aryl methyl sites for hydroxylation is 2. The first kappa shape index (κ1) is 15.2. The number of hydrogen-bond donors (Lipinski definition) is 2. The molecule has 0 saturated heterocycles. The minimum Gasteiger partial charge on any atom is -0.383 e. The SMILES string of the molecule is COCCNC(=O)CCn1c(N)nc2cc(F)c(C)cc21. The summed E-state index contributed by atoms with van der Waals surface area (Å²) in [4.78, 5) is 15.8. The number of ether oxygens (including phenoxy) is 1. The first-order chi connectivity index (χ1) is 10.0. The van der Waals surface area contributed by atoms with Crippen LogP contribution in [0.3, 0.4) is 0 Å². The number of nitrogen functional groups attached to an aromatic ring is 1. The highest BCUT2D eigenvalue weighted by Gasteiger charge is 2.12. The summed E-state index contributed by atoms with van der Waals surface area (Å²) in [5.74, 6) is -0.128. The van der Waals surface area contributed by atoms with Gasteiger partial charge in [-0.25, -0.2) is 9.37 Å². The third kappa shape index (κ3) is 3.49. The molecule has 0 bridgehead atoms. The van der Waals surface area contributed by atoms with Crippen molar-refractivity contribution in [1.29, 1.82) is 0 Å². The highest BCUT2D eigenvalue weighted by atomic mass is 19.1. The quantitative estimate of drug-likeness (QED) is 0.785. The van der Waals surface area contributed by atoms with Gasteiger partial charge in [-0.15, -0.1) is 0 Å². The summed E-state index contributed by atoms with van der Waals surface area (Å²) in [6, 6.07) is 3.05. The Morgan fingerprint density at radius 2 is 2.29 bits per heavy atom. The molecule has 7 heteroatoms. The smallest absolute Gasteiger partial charge is 0.221 e. The number of aromatic nitrogens is 2. The molecule has 2 aromatic rings. The zero-order chi connectivity index (χ0) is 15.4. The molecule has 0 aliphatic carbocycles. The number of halogens is 1. The first-order valence-corrected chi connectivity index (χ1v) is 6.70. The maximum Gasteiger partial charge on any atom is 0.221 e. The lowest BCUT2D eigenvalue weighted by Crippen LogP contribution is -2.27. The summed E-state index contributed by atoms with van der Waals surface area (Å²) in [6.07, 6.45) is 0.274. The third-order valence-electron chi connectivity index (χ3n) is 3.25. The summed E-state index contributed by atoms with van der Waals surface area (Å²) in [7, 11) is 1.58. The zero-order valence-corrected chi connectivity index (χ0v) is 12.1. The molecule has 2 rings (SSSR count). The number of nitrogens with two attached hydrogens (primary N) is 1. The van der Waals surface area contributed by atoms with Gasteiger partial charge in [0.25, 0.3) is 0 Å². The van der Waals surface area contributed by atoms with E-state index in [-0.39, 0.29) is 24.1 Å². The number of anilines is 1. The molecule has 0 aliphatic heterocycles. The molecular weight excluding hydrogens is 275 g/mol. The molecule has 0 spiro atoms. The van der Waals surface area contributed by atoms with Gasteiger partial charge in [0.1, 0.15) is 5.82 Å². The van der Waals surface area contributed by atoms with Crippen LogP contribution in [0.25, 0.3) is 11.0 Å². The summed E-state index contributed by atoms with van der Waals surface area (Å²) in [5, 5.41) is 2.74. The van der Waals surface area contributed by atoms with Crippen LogP contribution >= 0.6 is 0 Å². The molecule has 6 nitrogen and oxygen atoms in total. The lowest BCUT2D eigenvalue weighted by molar-refractivity contribution is -0.121. The molecule has 0 aliphatic rings. The number of carbonyl (C=O) groups excluding carboxylic acids is 1. The van der Waals surface area contributed by atoms with Crippen LogP contribution in [0, 0.1) is 12.7 Å². The van der Waals surface area contributed by atoms with Crippen molar-refractivity contribution in [2.75, 3.05) is 26.0 Å². The average Bonchev–Trinajstić information content (AvgIpc) is 2.72. The van der Waals surface area contributed by atoms with E-state index in [1.807, 2.05) is 0 Å². The second kappa shape index (κ2) is 6.53. The van der Waals surface area contributed by atoms with Crippen LogP contribution < -0.4 is 11.1 Å². The number of rotatable bonds is 6. The molecule has 3 N–H and O–H groups in total. The van der Waals surface area contributed by atoms with Crippen LogP contribution in [-0.4, -0.2) is 35.7 Å². The molecule has 1 heterocycles. The monoisotopic (exact) mass is 294 g/mol. The zero-order valence-electron chi connectivity index (χ0n) is 12.1. The number of nitrogens with zero attached hydrogens (tertiary/aromatic N) is 2. The minimum atomic E-state index is -0.315. The van der Waals surface area contributed by atoms with E-state index in [2.05, 4.69) is 10.3 Å². The predicted molar refractivity (Wildman–Crippen MR) is 78.3 cm³/mol. The van der Waals surface area contributed by atoms with Crippen molar-refractivity contribution in [2.24, 2.45) is 0 Å². The lowest BCUT2D eigenvalue weighted by Gasteiger charge is -2.08. The van der Waals surface area contributed by atoms with Crippen molar-refractivity contribution in [3.05, 3.63) is 23.5 Å². The predicted octanol–water partition coefficient (Wildman–Crippen LogP) is 1.22. The summed E-state index contributed by atoms with van der Waals surface area (Å²) in [6.45, 7) is 3.02. The molecule has 1 aromatic heterocycles.